The lowest BCUT2D eigenvalue weighted by Gasteiger charge is -2.46. The molecule has 0 saturated carbocycles. The molecule has 3 aliphatic rings. The molecule has 0 N–H and O–H groups in total. The van der Waals surface area contributed by atoms with Crippen molar-refractivity contribution in [2.24, 2.45) is 0 Å². The number of piperazine rings is 3. The maximum atomic E-state index is 13.0. The highest BCUT2D eigenvalue weighted by atomic mass is 35.5. The molecule has 104 valence electrons. The van der Waals surface area contributed by atoms with Crippen molar-refractivity contribution >= 4 is 11.6 Å². The lowest BCUT2D eigenvalue weighted by atomic mass is 10.1. The van der Waals surface area contributed by atoms with Gasteiger partial charge < -0.3 is 0 Å². The third-order valence-electron chi connectivity index (χ3n) is 3.84. The van der Waals surface area contributed by atoms with Gasteiger partial charge in [0.15, 0.2) is 0 Å². The van der Waals surface area contributed by atoms with Crippen LogP contribution < -0.4 is 0 Å². The van der Waals surface area contributed by atoms with Crippen LogP contribution in [0.2, 0.25) is 0 Å². The van der Waals surface area contributed by atoms with Gasteiger partial charge in [0.25, 0.3) is 6.43 Å². The normalized spacial score (nSPS) is 30.0. The van der Waals surface area contributed by atoms with Crippen molar-refractivity contribution in [2.45, 2.75) is 18.3 Å². The van der Waals surface area contributed by atoms with E-state index in [1.54, 1.807) is 0 Å². The Balaban J connectivity index is 1.91. The molecule has 0 radical (unpaired) electrons. The average molecular weight is 289 g/mol. The Morgan fingerprint density at radius 2 is 2.05 bits per heavy atom. The average Bonchev–Trinajstić information content (AvgIpc) is 2.47. The number of fused-ring (bicyclic) bond motifs is 3. The monoisotopic (exact) mass is 288 g/mol. The SMILES string of the molecule is FC(F)c1nc(C2CN3CCN2CC3)ncc1CCl. The molecule has 0 aromatic carbocycles. The summed E-state index contributed by atoms with van der Waals surface area (Å²) in [6, 6.07) is 0.0318. The summed E-state index contributed by atoms with van der Waals surface area (Å²) in [4.78, 5) is 12.9. The second-order valence-electron chi connectivity index (χ2n) is 4.93. The summed E-state index contributed by atoms with van der Waals surface area (Å²) in [5.41, 5.74) is 0.0920. The fourth-order valence-electron chi connectivity index (χ4n) is 2.75. The summed E-state index contributed by atoms with van der Waals surface area (Å²) in [6.07, 6.45) is -1.16. The van der Waals surface area contributed by atoms with Gasteiger partial charge in [-0.3, -0.25) is 9.80 Å². The fourth-order valence-corrected chi connectivity index (χ4v) is 2.96. The van der Waals surface area contributed by atoms with E-state index in [4.69, 9.17) is 11.6 Å². The highest BCUT2D eigenvalue weighted by Crippen LogP contribution is 2.29. The van der Waals surface area contributed by atoms with Gasteiger partial charge in [0.1, 0.15) is 11.5 Å². The van der Waals surface area contributed by atoms with Crippen molar-refractivity contribution in [2.75, 3.05) is 32.7 Å². The minimum atomic E-state index is -2.61. The summed E-state index contributed by atoms with van der Waals surface area (Å²) >= 11 is 5.65. The molecule has 7 heteroatoms. The van der Waals surface area contributed by atoms with Crippen molar-refractivity contribution in [1.29, 1.82) is 0 Å². The van der Waals surface area contributed by atoms with Gasteiger partial charge in [-0.1, -0.05) is 0 Å². The summed E-state index contributed by atoms with van der Waals surface area (Å²) in [7, 11) is 0. The fraction of sp³-hybridized carbons (Fsp3) is 0.667. The van der Waals surface area contributed by atoms with Crippen LogP contribution in [0.5, 0.6) is 0 Å². The molecule has 19 heavy (non-hydrogen) atoms. The first-order valence-electron chi connectivity index (χ1n) is 6.35. The van der Waals surface area contributed by atoms with Crippen LogP contribution in [0.25, 0.3) is 0 Å². The molecule has 1 aromatic heterocycles. The maximum absolute atomic E-state index is 13.0. The molecule has 3 fully saturated rings. The largest absolute Gasteiger partial charge is 0.299 e. The summed E-state index contributed by atoms with van der Waals surface area (Å²) in [5, 5.41) is 0. The molecule has 4 heterocycles. The molecule has 2 bridgehead atoms. The van der Waals surface area contributed by atoms with Gasteiger partial charge in [-0.25, -0.2) is 18.7 Å². The lowest BCUT2D eigenvalue weighted by Crippen LogP contribution is -2.57. The van der Waals surface area contributed by atoms with Gasteiger partial charge in [-0.05, 0) is 0 Å². The topological polar surface area (TPSA) is 32.3 Å². The van der Waals surface area contributed by atoms with E-state index >= 15 is 0 Å². The molecule has 4 nitrogen and oxygen atoms in total. The van der Waals surface area contributed by atoms with Crippen LogP contribution in [-0.2, 0) is 5.88 Å². The van der Waals surface area contributed by atoms with Crippen LogP contribution in [-0.4, -0.2) is 52.5 Å². The molecular formula is C12H15ClF2N4. The zero-order valence-electron chi connectivity index (χ0n) is 10.4. The van der Waals surface area contributed by atoms with E-state index < -0.39 is 6.43 Å². The smallest absolute Gasteiger partial charge is 0.280 e. The molecule has 0 amide bonds. The second-order valence-corrected chi connectivity index (χ2v) is 5.19. The van der Waals surface area contributed by atoms with Crippen LogP contribution in [0.4, 0.5) is 8.78 Å². The standard InChI is InChI=1S/C12H15ClF2N4/c13-5-8-6-16-12(17-10(8)11(14)15)9-7-18-1-3-19(9)4-2-18/h6,9,11H,1-5,7H2. The number of aromatic nitrogens is 2. The van der Waals surface area contributed by atoms with E-state index in [1.807, 2.05) is 0 Å². The zero-order valence-corrected chi connectivity index (χ0v) is 11.2. The number of hydrogen-bond donors (Lipinski definition) is 0. The van der Waals surface area contributed by atoms with E-state index in [0.717, 1.165) is 32.7 Å². The van der Waals surface area contributed by atoms with Crippen LogP contribution in [0.3, 0.4) is 0 Å². The molecule has 1 atom stereocenters. The van der Waals surface area contributed by atoms with Gasteiger partial charge in [-0.15, -0.1) is 11.6 Å². The van der Waals surface area contributed by atoms with Crippen LogP contribution in [0, 0.1) is 0 Å². The van der Waals surface area contributed by atoms with Gasteiger partial charge in [0.05, 0.1) is 11.9 Å². The Bertz CT molecular complexity index is 463. The van der Waals surface area contributed by atoms with Crippen molar-refractivity contribution in [3.8, 4) is 0 Å². The van der Waals surface area contributed by atoms with Crippen molar-refractivity contribution in [3.63, 3.8) is 0 Å². The van der Waals surface area contributed by atoms with Gasteiger partial charge in [0.2, 0.25) is 0 Å². The second kappa shape index (κ2) is 5.26. The third-order valence-corrected chi connectivity index (χ3v) is 4.13. The van der Waals surface area contributed by atoms with E-state index in [2.05, 4.69) is 19.8 Å². The Hall–Kier alpha value is -0.850. The summed E-state index contributed by atoms with van der Waals surface area (Å²) in [5.74, 6) is 0.508. The molecule has 3 saturated heterocycles. The molecule has 4 rings (SSSR count). The summed E-state index contributed by atoms with van der Waals surface area (Å²) < 4.78 is 26.0. The maximum Gasteiger partial charge on any atom is 0.280 e. The predicted molar refractivity (Wildman–Crippen MR) is 67.3 cm³/mol. The van der Waals surface area contributed by atoms with Crippen molar-refractivity contribution < 1.29 is 8.78 Å². The first-order valence-corrected chi connectivity index (χ1v) is 6.88. The quantitative estimate of drug-likeness (QED) is 0.794. The molecule has 0 aliphatic carbocycles. The van der Waals surface area contributed by atoms with E-state index in [9.17, 15) is 8.78 Å². The predicted octanol–water partition coefficient (Wildman–Crippen LogP) is 1.83. The van der Waals surface area contributed by atoms with E-state index in [0.29, 0.717) is 11.4 Å². The molecule has 1 unspecified atom stereocenters. The third kappa shape index (κ3) is 2.44. The van der Waals surface area contributed by atoms with E-state index in [1.165, 1.54) is 6.20 Å². The number of halogens is 3. The van der Waals surface area contributed by atoms with Gasteiger partial charge in [-0.2, -0.15) is 0 Å². The first kappa shape index (κ1) is 13.1. The lowest BCUT2D eigenvalue weighted by molar-refractivity contribution is 0.00818. The number of alkyl halides is 3. The van der Waals surface area contributed by atoms with E-state index in [-0.39, 0.29) is 17.6 Å². The first-order chi connectivity index (χ1) is 9.19. The van der Waals surface area contributed by atoms with Crippen LogP contribution in [0.15, 0.2) is 6.20 Å². The van der Waals surface area contributed by atoms with Gasteiger partial charge in [0, 0.05) is 44.5 Å². The Morgan fingerprint density at radius 1 is 1.32 bits per heavy atom. The highest BCUT2D eigenvalue weighted by Gasteiger charge is 2.35. The zero-order chi connectivity index (χ0) is 13.4. The Morgan fingerprint density at radius 3 is 2.58 bits per heavy atom. The van der Waals surface area contributed by atoms with Crippen LogP contribution in [0.1, 0.15) is 29.5 Å². The Kier molecular flexibility index (Phi) is 3.64. The summed E-state index contributed by atoms with van der Waals surface area (Å²) in [6.45, 7) is 4.81. The van der Waals surface area contributed by atoms with Crippen molar-refractivity contribution in [1.82, 2.24) is 19.8 Å². The minimum absolute atomic E-state index is 0.0143. The van der Waals surface area contributed by atoms with Crippen LogP contribution >= 0.6 is 11.6 Å². The molecular weight excluding hydrogens is 274 g/mol. The number of rotatable bonds is 3. The molecule has 0 spiro atoms. The number of hydrogen-bond acceptors (Lipinski definition) is 4. The Labute approximate surface area is 115 Å². The van der Waals surface area contributed by atoms with Gasteiger partial charge >= 0.3 is 0 Å². The highest BCUT2D eigenvalue weighted by molar-refractivity contribution is 6.17. The minimum Gasteiger partial charge on any atom is -0.299 e. The molecule has 3 aliphatic heterocycles. The van der Waals surface area contributed by atoms with Crippen molar-refractivity contribution in [3.05, 3.63) is 23.3 Å². The number of nitrogens with zero attached hydrogens (tertiary/aromatic N) is 4. The molecule has 1 aromatic rings.